The zero-order chi connectivity index (χ0) is 19.3. The van der Waals surface area contributed by atoms with Crippen molar-refractivity contribution in [3.63, 3.8) is 0 Å². The van der Waals surface area contributed by atoms with Crippen LogP contribution in [0.4, 0.5) is 10.1 Å². The third-order valence-corrected chi connectivity index (χ3v) is 4.70. The van der Waals surface area contributed by atoms with Crippen molar-refractivity contribution < 1.29 is 18.8 Å². The van der Waals surface area contributed by atoms with Gasteiger partial charge in [-0.2, -0.15) is 0 Å². The molecule has 1 fully saturated rings. The Bertz CT molecular complexity index is 756. The smallest absolute Gasteiger partial charge is 0.267 e. The number of pyridine rings is 1. The quantitative estimate of drug-likeness (QED) is 0.465. The van der Waals surface area contributed by atoms with Gasteiger partial charge in [-0.3, -0.25) is 19.2 Å². The van der Waals surface area contributed by atoms with Crippen molar-refractivity contribution in [3.8, 4) is 0 Å². The van der Waals surface area contributed by atoms with Crippen LogP contribution < -0.4 is 22.3 Å². The van der Waals surface area contributed by atoms with Crippen LogP contribution in [0.2, 0.25) is 0 Å². The predicted octanol–water partition coefficient (Wildman–Crippen LogP) is -1.16. The highest BCUT2D eigenvalue weighted by atomic mass is 32.2. The minimum atomic E-state index is -1.19. The molecular formula is C15H20FN5O4S. The number of rotatable bonds is 7. The summed E-state index contributed by atoms with van der Waals surface area (Å²) in [6.45, 7) is -0.0338. The molecule has 1 aliphatic rings. The minimum absolute atomic E-state index is 0.00262. The van der Waals surface area contributed by atoms with Crippen molar-refractivity contribution in [1.82, 2.24) is 15.2 Å². The number of aromatic nitrogens is 1. The maximum Gasteiger partial charge on any atom is 0.267 e. The molecule has 9 nitrogen and oxygen atoms in total. The number of nitrogens with zero attached hydrogens (tertiary/aromatic N) is 1. The van der Waals surface area contributed by atoms with E-state index in [-0.39, 0.29) is 48.3 Å². The van der Waals surface area contributed by atoms with E-state index in [9.17, 15) is 23.6 Å². The van der Waals surface area contributed by atoms with Gasteiger partial charge in [-0.15, -0.1) is 11.8 Å². The summed E-state index contributed by atoms with van der Waals surface area (Å²) in [5.41, 5.74) is 10.2. The highest BCUT2D eigenvalue weighted by Gasteiger charge is 2.35. The van der Waals surface area contributed by atoms with Gasteiger partial charge in [0.05, 0.1) is 24.1 Å². The highest BCUT2D eigenvalue weighted by molar-refractivity contribution is 8.00. The predicted molar refractivity (Wildman–Crippen MR) is 95.3 cm³/mol. The maximum absolute atomic E-state index is 13.7. The van der Waals surface area contributed by atoms with Gasteiger partial charge >= 0.3 is 0 Å². The lowest BCUT2D eigenvalue weighted by molar-refractivity contribution is -0.129. The molecule has 0 spiro atoms. The molecule has 142 valence electrons. The Hall–Kier alpha value is -2.56. The third-order valence-electron chi connectivity index (χ3n) is 3.76. The van der Waals surface area contributed by atoms with Crippen LogP contribution in [0.3, 0.4) is 0 Å². The van der Waals surface area contributed by atoms with Crippen molar-refractivity contribution in [3.05, 3.63) is 28.2 Å². The van der Waals surface area contributed by atoms with Crippen LogP contribution in [0.15, 0.2) is 16.9 Å². The van der Waals surface area contributed by atoms with Crippen LogP contribution in [0.1, 0.15) is 16.9 Å². The Morgan fingerprint density at radius 2 is 2.08 bits per heavy atom. The molecule has 0 unspecified atom stereocenters. The fraction of sp³-hybridized carbons (Fsp3) is 0.467. The van der Waals surface area contributed by atoms with E-state index >= 15 is 0 Å². The summed E-state index contributed by atoms with van der Waals surface area (Å²) < 4.78 is 13.7. The van der Waals surface area contributed by atoms with Crippen LogP contribution in [-0.2, 0) is 9.59 Å². The summed E-state index contributed by atoms with van der Waals surface area (Å²) in [5, 5.41) is 2.57. The molecular weight excluding hydrogens is 365 g/mol. The first-order valence-electron chi connectivity index (χ1n) is 7.84. The summed E-state index contributed by atoms with van der Waals surface area (Å²) in [7, 11) is 0. The maximum atomic E-state index is 13.7. The molecule has 11 heteroatoms. The fourth-order valence-electron chi connectivity index (χ4n) is 2.67. The van der Waals surface area contributed by atoms with Gasteiger partial charge < -0.3 is 26.7 Å². The van der Waals surface area contributed by atoms with Gasteiger partial charge in [-0.1, -0.05) is 0 Å². The van der Waals surface area contributed by atoms with Gasteiger partial charge in [-0.05, 0) is 6.07 Å². The molecule has 0 bridgehead atoms. The number of hydrogen-bond acceptors (Lipinski definition) is 6. The molecule has 26 heavy (non-hydrogen) atoms. The molecule has 3 amide bonds. The van der Waals surface area contributed by atoms with Gasteiger partial charge in [0.25, 0.3) is 11.5 Å². The zero-order valence-electron chi connectivity index (χ0n) is 13.9. The molecule has 2 rings (SSSR count). The van der Waals surface area contributed by atoms with Crippen molar-refractivity contribution in [1.29, 1.82) is 0 Å². The normalized spacial score (nSPS) is 19.3. The molecule has 0 aliphatic carbocycles. The Labute approximate surface area is 152 Å². The SMILES string of the molecule is NC(=O)CSCC(=O)N1C[C@@H](F)C[C@H]1CNC(=O)c1cc(N)cc(=O)[nH]1. The van der Waals surface area contributed by atoms with Gasteiger partial charge in [0, 0.05) is 24.7 Å². The topological polar surface area (TPSA) is 151 Å². The number of H-pyrrole nitrogens is 1. The number of halogens is 1. The number of carbonyl (C=O) groups excluding carboxylic acids is 3. The van der Waals surface area contributed by atoms with Crippen molar-refractivity contribution in [2.24, 2.45) is 5.73 Å². The zero-order valence-corrected chi connectivity index (χ0v) is 14.7. The Morgan fingerprint density at radius 1 is 1.35 bits per heavy atom. The second kappa shape index (κ2) is 8.70. The van der Waals surface area contributed by atoms with Crippen LogP contribution in [0.25, 0.3) is 0 Å². The van der Waals surface area contributed by atoms with Gasteiger partial charge in [-0.25, -0.2) is 4.39 Å². The van der Waals surface area contributed by atoms with Gasteiger partial charge in [0.1, 0.15) is 11.9 Å². The Balaban J connectivity index is 1.93. The number of anilines is 1. The summed E-state index contributed by atoms with van der Waals surface area (Å²) in [6.07, 6.45) is -1.09. The number of nitrogens with one attached hydrogen (secondary N) is 2. The third kappa shape index (κ3) is 5.48. The molecule has 1 aliphatic heterocycles. The molecule has 1 aromatic rings. The molecule has 1 aromatic heterocycles. The Kier molecular flexibility index (Phi) is 6.61. The molecule has 0 saturated carbocycles. The number of carbonyl (C=O) groups is 3. The summed E-state index contributed by atoms with van der Waals surface area (Å²) in [6, 6.07) is 1.95. The number of nitrogen functional groups attached to an aromatic ring is 1. The second-order valence-electron chi connectivity index (χ2n) is 5.89. The average molecular weight is 385 g/mol. The van der Waals surface area contributed by atoms with Crippen molar-refractivity contribution >= 4 is 35.2 Å². The first kappa shape index (κ1) is 19.8. The standard InChI is InChI=1S/C15H20FN5O4S/c16-8-1-10(21(5-8)14(24)7-26-6-12(18)22)4-19-15(25)11-2-9(17)3-13(23)20-11/h2-3,8,10H,1,4-7H2,(H2,18,22)(H,19,25)(H3,17,20,23)/t8-,10-/m0/s1. The highest BCUT2D eigenvalue weighted by Crippen LogP contribution is 2.21. The fourth-order valence-corrected chi connectivity index (χ4v) is 3.32. The van der Waals surface area contributed by atoms with E-state index in [1.165, 1.54) is 11.0 Å². The van der Waals surface area contributed by atoms with Gasteiger partial charge in [0.2, 0.25) is 11.8 Å². The molecule has 2 atom stereocenters. The second-order valence-corrected chi connectivity index (χ2v) is 6.88. The van der Waals surface area contributed by atoms with Gasteiger partial charge in [0.15, 0.2) is 0 Å². The molecule has 0 aromatic carbocycles. The lowest BCUT2D eigenvalue weighted by atomic mass is 10.2. The van der Waals surface area contributed by atoms with Crippen LogP contribution in [0.5, 0.6) is 0 Å². The molecule has 2 heterocycles. The summed E-state index contributed by atoms with van der Waals surface area (Å²) >= 11 is 1.05. The van der Waals surface area contributed by atoms with Crippen molar-refractivity contribution in [2.45, 2.75) is 18.6 Å². The number of amides is 3. The van der Waals surface area contributed by atoms with E-state index in [2.05, 4.69) is 10.3 Å². The van der Waals surface area contributed by atoms with E-state index in [0.717, 1.165) is 17.8 Å². The number of likely N-dealkylation sites (tertiary alicyclic amines) is 1. The first-order valence-corrected chi connectivity index (χ1v) is 8.99. The lowest BCUT2D eigenvalue weighted by Gasteiger charge is -2.24. The molecule has 0 radical (unpaired) electrons. The van der Waals surface area contributed by atoms with Crippen LogP contribution in [0, 0.1) is 0 Å². The Morgan fingerprint density at radius 3 is 2.73 bits per heavy atom. The van der Waals surface area contributed by atoms with E-state index < -0.39 is 29.6 Å². The number of aromatic amines is 1. The van der Waals surface area contributed by atoms with E-state index in [0.29, 0.717) is 0 Å². The number of nitrogens with two attached hydrogens (primary N) is 2. The molecule has 6 N–H and O–H groups in total. The van der Waals surface area contributed by atoms with E-state index in [1.54, 1.807) is 0 Å². The summed E-state index contributed by atoms with van der Waals surface area (Å²) in [5.74, 6) is -1.43. The number of thioether (sulfide) groups is 1. The van der Waals surface area contributed by atoms with Crippen LogP contribution in [-0.4, -0.2) is 64.4 Å². The summed E-state index contributed by atoms with van der Waals surface area (Å²) in [4.78, 5) is 50.1. The average Bonchev–Trinajstić information content (AvgIpc) is 2.92. The van der Waals surface area contributed by atoms with Crippen molar-refractivity contribution in [2.75, 3.05) is 30.3 Å². The minimum Gasteiger partial charge on any atom is -0.399 e. The number of hydrogen-bond donors (Lipinski definition) is 4. The monoisotopic (exact) mass is 385 g/mol. The number of alkyl halides is 1. The van der Waals surface area contributed by atoms with E-state index in [4.69, 9.17) is 11.5 Å². The van der Waals surface area contributed by atoms with Crippen LogP contribution >= 0.6 is 11.8 Å². The largest absolute Gasteiger partial charge is 0.399 e. The first-order chi connectivity index (χ1) is 12.3. The number of primary amides is 1. The lowest BCUT2D eigenvalue weighted by Crippen LogP contribution is -2.44. The van der Waals surface area contributed by atoms with E-state index in [1.807, 2.05) is 0 Å². The molecule has 1 saturated heterocycles.